The van der Waals surface area contributed by atoms with E-state index in [0.29, 0.717) is 19.5 Å². The van der Waals surface area contributed by atoms with Crippen molar-refractivity contribution in [2.24, 2.45) is 5.73 Å². The van der Waals surface area contributed by atoms with Gasteiger partial charge in [0, 0.05) is 6.54 Å². The number of likely N-dealkylation sites (tertiary alicyclic amines) is 1. The predicted molar refractivity (Wildman–Crippen MR) is 58.0 cm³/mol. The monoisotopic (exact) mass is 220 g/mol. The smallest absolute Gasteiger partial charge is 0.154 e. The Balaban J connectivity index is 2.53. The van der Waals surface area contributed by atoms with Crippen molar-refractivity contribution in [3.05, 3.63) is 0 Å². The molecule has 0 amide bonds. The molecule has 1 heterocycles. The molecule has 0 aliphatic carbocycles. The Labute approximate surface area is 86.4 Å². The zero-order chi connectivity index (χ0) is 10.6. The Morgan fingerprint density at radius 3 is 2.79 bits per heavy atom. The van der Waals surface area contributed by atoms with Gasteiger partial charge in [-0.25, -0.2) is 8.42 Å². The maximum Gasteiger partial charge on any atom is 0.154 e. The molecule has 0 aromatic heterocycles. The van der Waals surface area contributed by atoms with E-state index in [0.717, 1.165) is 19.4 Å². The summed E-state index contributed by atoms with van der Waals surface area (Å²) in [6, 6.07) is 0. The first kappa shape index (κ1) is 11.9. The van der Waals surface area contributed by atoms with Gasteiger partial charge in [0.15, 0.2) is 9.84 Å². The van der Waals surface area contributed by atoms with Crippen molar-refractivity contribution in [1.82, 2.24) is 4.90 Å². The maximum atomic E-state index is 11.8. The summed E-state index contributed by atoms with van der Waals surface area (Å²) < 4.78 is 23.6. The van der Waals surface area contributed by atoms with Crippen LogP contribution >= 0.6 is 0 Å². The quantitative estimate of drug-likeness (QED) is 0.715. The molecule has 1 atom stereocenters. The molecule has 0 saturated carbocycles. The second kappa shape index (κ2) is 5.09. The number of hydrogen-bond donors (Lipinski definition) is 1. The Bertz CT molecular complexity index is 264. The molecule has 1 unspecified atom stereocenters. The second-order valence-corrected chi connectivity index (χ2v) is 6.44. The fourth-order valence-electron chi connectivity index (χ4n) is 1.86. The van der Waals surface area contributed by atoms with Crippen molar-refractivity contribution in [1.29, 1.82) is 0 Å². The standard InChI is InChI=1S/C9H20N2O2S/c1-11-6-2-4-9(8-11)14(12,13)7-3-5-10/h9H,2-8,10H2,1H3. The highest BCUT2D eigenvalue weighted by molar-refractivity contribution is 7.92. The second-order valence-electron chi connectivity index (χ2n) is 4.04. The molecule has 0 aromatic rings. The lowest BCUT2D eigenvalue weighted by atomic mass is 10.1. The molecule has 14 heavy (non-hydrogen) atoms. The third-order valence-electron chi connectivity index (χ3n) is 2.72. The van der Waals surface area contributed by atoms with E-state index in [9.17, 15) is 8.42 Å². The Kier molecular flexibility index (Phi) is 4.34. The molecule has 0 bridgehead atoms. The van der Waals surface area contributed by atoms with Crippen LogP contribution < -0.4 is 5.73 Å². The average Bonchev–Trinajstić information content (AvgIpc) is 2.15. The summed E-state index contributed by atoms with van der Waals surface area (Å²) in [6.07, 6.45) is 2.39. The van der Waals surface area contributed by atoms with Crippen LogP contribution in [-0.2, 0) is 9.84 Å². The number of nitrogens with zero attached hydrogens (tertiary/aromatic N) is 1. The highest BCUT2D eigenvalue weighted by atomic mass is 32.2. The number of hydrogen-bond acceptors (Lipinski definition) is 4. The van der Waals surface area contributed by atoms with E-state index < -0.39 is 9.84 Å². The molecule has 5 heteroatoms. The molecule has 1 aliphatic heterocycles. The molecule has 0 aromatic carbocycles. The van der Waals surface area contributed by atoms with Crippen LogP contribution in [0.1, 0.15) is 19.3 Å². The van der Waals surface area contributed by atoms with Gasteiger partial charge < -0.3 is 10.6 Å². The first-order chi connectivity index (χ1) is 6.56. The van der Waals surface area contributed by atoms with Crippen LogP contribution in [0.5, 0.6) is 0 Å². The Morgan fingerprint density at radius 2 is 2.21 bits per heavy atom. The van der Waals surface area contributed by atoms with Gasteiger partial charge in [0.25, 0.3) is 0 Å². The van der Waals surface area contributed by atoms with E-state index in [1.807, 2.05) is 7.05 Å². The van der Waals surface area contributed by atoms with E-state index in [1.54, 1.807) is 0 Å². The lowest BCUT2D eigenvalue weighted by Gasteiger charge is -2.29. The minimum atomic E-state index is -2.90. The van der Waals surface area contributed by atoms with Crippen LogP contribution in [0.3, 0.4) is 0 Å². The Hall–Kier alpha value is -0.130. The minimum absolute atomic E-state index is 0.159. The van der Waals surface area contributed by atoms with E-state index in [4.69, 9.17) is 5.73 Å². The van der Waals surface area contributed by atoms with Gasteiger partial charge in [-0.05, 0) is 39.4 Å². The van der Waals surface area contributed by atoms with E-state index in [-0.39, 0.29) is 11.0 Å². The summed E-state index contributed by atoms with van der Waals surface area (Å²) in [5.41, 5.74) is 5.32. The predicted octanol–water partition coefficient (Wildman–Crippen LogP) is -0.156. The average molecular weight is 220 g/mol. The first-order valence-corrected chi connectivity index (χ1v) is 6.88. The van der Waals surface area contributed by atoms with Crippen LogP contribution in [0.15, 0.2) is 0 Å². The summed E-state index contributed by atoms with van der Waals surface area (Å²) >= 11 is 0. The number of rotatable bonds is 4. The van der Waals surface area contributed by atoms with Crippen LogP contribution in [-0.4, -0.2) is 51.0 Å². The minimum Gasteiger partial charge on any atom is -0.330 e. The largest absolute Gasteiger partial charge is 0.330 e. The first-order valence-electron chi connectivity index (χ1n) is 5.16. The molecule has 0 radical (unpaired) electrons. The molecule has 1 saturated heterocycles. The van der Waals surface area contributed by atoms with E-state index >= 15 is 0 Å². The lowest BCUT2D eigenvalue weighted by molar-refractivity contribution is 0.278. The van der Waals surface area contributed by atoms with Crippen molar-refractivity contribution in [3.63, 3.8) is 0 Å². The molecule has 1 rings (SSSR count). The summed E-state index contributed by atoms with van der Waals surface area (Å²) in [6.45, 7) is 2.16. The SMILES string of the molecule is CN1CCCC(S(=O)(=O)CCCN)C1. The maximum absolute atomic E-state index is 11.8. The third-order valence-corrected chi connectivity index (χ3v) is 4.98. The van der Waals surface area contributed by atoms with E-state index in [1.165, 1.54) is 0 Å². The molecular formula is C9H20N2O2S. The molecule has 84 valence electrons. The highest BCUT2D eigenvalue weighted by Crippen LogP contribution is 2.17. The third kappa shape index (κ3) is 3.22. The van der Waals surface area contributed by atoms with Crippen molar-refractivity contribution in [2.45, 2.75) is 24.5 Å². The summed E-state index contributed by atoms with van der Waals surface area (Å²) in [7, 11) is -0.923. The molecule has 1 fully saturated rings. The van der Waals surface area contributed by atoms with Gasteiger partial charge in [0.1, 0.15) is 0 Å². The van der Waals surface area contributed by atoms with Gasteiger partial charge in [-0.3, -0.25) is 0 Å². The topological polar surface area (TPSA) is 63.4 Å². The summed E-state index contributed by atoms with van der Waals surface area (Å²) in [4.78, 5) is 2.09. The van der Waals surface area contributed by atoms with Gasteiger partial charge in [0.05, 0.1) is 11.0 Å². The zero-order valence-electron chi connectivity index (χ0n) is 8.78. The van der Waals surface area contributed by atoms with Crippen molar-refractivity contribution >= 4 is 9.84 Å². The van der Waals surface area contributed by atoms with Gasteiger partial charge in [-0.2, -0.15) is 0 Å². The molecule has 2 N–H and O–H groups in total. The molecular weight excluding hydrogens is 200 g/mol. The lowest BCUT2D eigenvalue weighted by Crippen LogP contribution is -2.41. The van der Waals surface area contributed by atoms with Gasteiger partial charge >= 0.3 is 0 Å². The number of piperidine rings is 1. The fraction of sp³-hybridized carbons (Fsp3) is 1.00. The summed E-state index contributed by atoms with van der Waals surface area (Å²) in [5, 5.41) is -0.159. The van der Waals surface area contributed by atoms with Gasteiger partial charge in [0.2, 0.25) is 0 Å². The van der Waals surface area contributed by atoms with Crippen LogP contribution in [0, 0.1) is 0 Å². The van der Waals surface area contributed by atoms with Gasteiger partial charge in [-0.1, -0.05) is 0 Å². The highest BCUT2D eigenvalue weighted by Gasteiger charge is 2.28. The van der Waals surface area contributed by atoms with E-state index in [2.05, 4.69) is 4.90 Å². The number of nitrogens with two attached hydrogens (primary N) is 1. The molecule has 0 spiro atoms. The van der Waals surface area contributed by atoms with Crippen molar-refractivity contribution in [3.8, 4) is 0 Å². The van der Waals surface area contributed by atoms with Crippen LogP contribution in [0.25, 0.3) is 0 Å². The van der Waals surface area contributed by atoms with Crippen LogP contribution in [0.4, 0.5) is 0 Å². The van der Waals surface area contributed by atoms with Crippen molar-refractivity contribution in [2.75, 3.05) is 32.4 Å². The Morgan fingerprint density at radius 1 is 1.50 bits per heavy atom. The zero-order valence-corrected chi connectivity index (χ0v) is 9.59. The van der Waals surface area contributed by atoms with Crippen molar-refractivity contribution < 1.29 is 8.42 Å². The van der Waals surface area contributed by atoms with Crippen LogP contribution in [0.2, 0.25) is 0 Å². The normalized spacial score (nSPS) is 25.1. The number of sulfone groups is 1. The fourth-order valence-corrected chi connectivity index (χ4v) is 3.77. The molecule has 1 aliphatic rings. The summed E-state index contributed by atoms with van der Waals surface area (Å²) in [5.74, 6) is 0.252. The van der Waals surface area contributed by atoms with Gasteiger partial charge in [-0.15, -0.1) is 0 Å². The molecule has 4 nitrogen and oxygen atoms in total.